The molecule has 1 amide bonds. The van der Waals surface area contributed by atoms with Gasteiger partial charge >= 0.3 is 0 Å². The van der Waals surface area contributed by atoms with E-state index in [-0.39, 0.29) is 28.8 Å². The molecule has 1 unspecified atom stereocenters. The lowest BCUT2D eigenvalue weighted by molar-refractivity contribution is -0.122. The lowest BCUT2D eigenvalue weighted by Gasteiger charge is -2.59. The highest BCUT2D eigenvalue weighted by atomic mass is 19.1. The number of carbonyl (C=O) groups excluding carboxylic acids is 1. The molecular weight excluding hydrogens is 365 g/mol. The molecule has 29 heavy (non-hydrogen) atoms. The summed E-state index contributed by atoms with van der Waals surface area (Å²) in [5, 5.41) is 15.6. The monoisotopic (exact) mass is 395 g/mol. The third kappa shape index (κ3) is 4.32. The topological polar surface area (TPSA) is 64.9 Å². The second kappa shape index (κ2) is 8.18. The first kappa shape index (κ1) is 19.9. The number of halogens is 1. The summed E-state index contributed by atoms with van der Waals surface area (Å²) in [6, 6.07) is 8.48. The van der Waals surface area contributed by atoms with Crippen LogP contribution in [0.15, 0.2) is 36.0 Å². The summed E-state index contributed by atoms with van der Waals surface area (Å²) in [5.41, 5.74) is 1.34. The molecule has 1 aromatic rings. The van der Waals surface area contributed by atoms with Crippen molar-refractivity contribution in [2.75, 3.05) is 6.54 Å². The van der Waals surface area contributed by atoms with Crippen LogP contribution in [0.5, 0.6) is 0 Å². The normalized spacial score (nSPS) is 31.2. The maximum absolute atomic E-state index is 13.0. The van der Waals surface area contributed by atoms with Gasteiger partial charge in [0.2, 0.25) is 0 Å². The number of benzene rings is 1. The van der Waals surface area contributed by atoms with Crippen molar-refractivity contribution in [2.24, 2.45) is 23.2 Å². The van der Waals surface area contributed by atoms with E-state index in [2.05, 4.69) is 17.6 Å². The zero-order valence-corrected chi connectivity index (χ0v) is 17.1. The van der Waals surface area contributed by atoms with Crippen LogP contribution in [0, 0.1) is 40.3 Å². The van der Waals surface area contributed by atoms with Crippen LogP contribution in [0.2, 0.25) is 0 Å². The number of hydrogen-bond acceptors (Lipinski definition) is 3. The number of carbonyl (C=O) groups is 1. The first-order chi connectivity index (χ1) is 14.0. The van der Waals surface area contributed by atoms with Crippen molar-refractivity contribution in [3.05, 3.63) is 47.4 Å². The SMILES string of the molecule is CC(NC(=O)/C(C#N)=C\NCCc1ccc(F)cc1)C12CC3CC(CC(C3)C1)C2. The van der Waals surface area contributed by atoms with Crippen molar-refractivity contribution < 1.29 is 9.18 Å². The minimum Gasteiger partial charge on any atom is -0.389 e. The Bertz CT molecular complexity index is 788. The van der Waals surface area contributed by atoms with Crippen LogP contribution in [0.3, 0.4) is 0 Å². The molecule has 4 nitrogen and oxygen atoms in total. The molecule has 4 aliphatic rings. The average Bonchev–Trinajstić information content (AvgIpc) is 2.68. The van der Waals surface area contributed by atoms with Crippen molar-refractivity contribution >= 4 is 5.91 Å². The maximum atomic E-state index is 13.0. The number of nitrogens with one attached hydrogen (secondary N) is 2. The molecule has 4 aliphatic carbocycles. The summed E-state index contributed by atoms with van der Waals surface area (Å²) >= 11 is 0. The van der Waals surface area contributed by atoms with Gasteiger partial charge in [-0.2, -0.15) is 5.26 Å². The van der Waals surface area contributed by atoms with Gasteiger partial charge in [0.25, 0.3) is 5.91 Å². The Labute approximate surface area is 172 Å². The van der Waals surface area contributed by atoms with Gasteiger partial charge in [0.05, 0.1) is 0 Å². The molecular formula is C24H30FN3O. The number of rotatable bonds is 7. The van der Waals surface area contributed by atoms with Crippen molar-refractivity contribution in [3.63, 3.8) is 0 Å². The molecule has 0 heterocycles. The summed E-state index contributed by atoms with van der Waals surface area (Å²) in [6.07, 6.45) is 10.0. The maximum Gasteiger partial charge on any atom is 0.263 e. The van der Waals surface area contributed by atoms with E-state index in [1.807, 2.05) is 6.07 Å². The molecule has 4 saturated carbocycles. The summed E-state index contributed by atoms with van der Waals surface area (Å²) in [6.45, 7) is 2.70. The van der Waals surface area contributed by atoms with E-state index in [0.717, 1.165) is 23.3 Å². The number of nitrogens with zero attached hydrogens (tertiary/aromatic N) is 1. The van der Waals surface area contributed by atoms with E-state index in [0.29, 0.717) is 13.0 Å². The standard InChI is InChI=1S/C24H30FN3O/c1-16(24-11-18-8-19(12-24)10-20(9-18)13-24)28-23(29)21(14-26)15-27-7-6-17-2-4-22(25)5-3-17/h2-5,15-16,18-20,27H,6-13H2,1H3,(H,28,29)/b21-15-. The third-order valence-corrected chi connectivity index (χ3v) is 7.43. The second-order valence-electron chi connectivity index (χ2n) is 9.48. The second-order valence-corrected chi connectivity index (χ2v) is 9.48. The Morgan fingerprint density at radius 1 is 1.21 bits per heavy atom. The third-order valence-electron chi connectivity index (χ3n) is 7.43. The Balaban J connectivity index is 1.31. The molecule has 1 aromatic carbocycles. The van der Waals surface area contributed by atoms with Gasteiger partial charge < -0.3 is 10.6 Å². The highest BCUT2D eigenvalue weighted by molar-refractivity contribution is 5.97. The van der Waals surface area contributed by atoms with Crippen LogP contribution in [0.25, 0.3) is 0 Å². The van der Waals surface area contributed by atoms with E-state index >= 15 is 0 Å². The summed E-state index contributed by atoms with van der Waals surface area (Å²) < 4.78 is 13.0. The molecule has 5 heteroatoms. The van der Waals surface area contributed by atoms with Crippen LogP contribution in [0.4, 0.5) is 4.39 Å². The van der Waals surface area contributed by atoms with Gasteiger partial charge in [0.1, 0.15) is 17.5 Å². The smallest absolute Gasteiger partial charge is 0.263 e. The average molecular weight is 396 g/mol. The summed E-state index contributed by atoms with van der Waals surface area (Å²) in [5.74, 6) is 1.96. The van der Waals surface area contributed by atoms with E-state index in [4.69, 9.17) is 0 Å². The fourth-order valence-corrected chi connectivity index (χ4v) is 6.33. The first-order valence-electron chi connectivity index (χ1n) is 10.9. The van der Waals surface area contributed by atoms with Gasteiger partial charge in [0.15, 0.2) is 0 Å². The highest BCUT2D eigenvalue weighted by Gasteiger charge is 2.53. The Morgan fingerprint density at radius 3 is 2.34 bits per heavy atom. The zero-order chi connectivity index (χ0) is 20.4. The lowest BCUT2D eigenvalue weighted by atomic mass is 9.48. The Morgan fingerprint density at radius 2 is 1.79 bits per heavy atom. The molecule has 0 aromatic heterocycles. The van der Waals surface area contributed by atoms with Crippen LogP contribution < -0.4 is 10.6 Å². The number of hydrogen-bond donors (Lipinski definition) is 2. The molecule has 4 bridgehead atoms. The first-order valence-corrected chi connectivity index (χ1v) is 10.9. The highest BCUT2D eigenvalue weighted by Crippen LogP contribution is 2.61. The summed E-state index contributed by atoms with van der Waals surface area (Å²) in [7, 11) is 0. The molecule has 0 spiro atoms. The van der Waals surface area contributed by atoms with Gasteiger partial charge in [-0.05, 0) is 92.7 Å². The minimum absolute atomic E-state index is 0.0966. The van der Waals surface area contributed by atoms with Crippen LogP contribution in [-0.2, 0) is 11.2 Å². The van der Waals surface area contributed by atoms with Crippen molar-refractivity contribution in [3.8, 4) is 6.07 Å². The summed E-state index contributed by atoms with van der Waals surface area (Å²) in [4.78, 5) is 12.7. The van der Waals surface area contributed by atoms with Crippen LogP contribution in [-0.4, -0.2) is 18.5 Å². The quantitative estimate of drug-likeness (QED) is 0.415. The molecule has 1 atom stereocenters. The van der Waals surface area contributed by atoms with Crippen molar-refractivity contribution in [2.45, 2.75) is 57.9 Å². The van der Waals surface area contributed by atoms with E-state index < -0.39 is 0 Å². The van der Waals surface area contributed by atoms with E-state index in [1.54, 1.807) is 12.1 Å². The van der Waals surface area contributed by atoms with Gasteiger partial charge in [0, 0.05) is 18.8 Å². The predicted octanol–water partition coefficient (Wildman–Crippen LogP) is 4.09. The Kier molecular flexibility index (Phi) is 5.63. The molecule has 0 radical (unpaired) electrons. The Hall–Kier alpha value is -2.35. The molecule has 0 aliphatic heterocycles. The number of amides is 1. The predicted molar refractivity (Wildman–Crippen MR) is 110 cm³/mol. The van der Waals surface area contributed by atoms with Crippen LogP contribution in [0.1, 0.15) is 51.0 Å². The molecule has 154 valence electrons. The molecule has 0 saturated heterocycles. The van der Waals surface area contributed by atoms with Crippen LogP contribution >= 0.6 is 0 Å². The van der Waals surface area contributed by atoms with Crippen molar-refractivity contribution in [1.82, 2.24) is 10.6 Å². The largest absolute Gasteiger partial charge is 0.389 e. The molecule has 5 rings (SSSR count). The fourth-order valence-electron chi connectivity index (χ4n) is 6.33. The fraction of sp³-hybridized carbons (Fsp3) is 0.583. The number of nitriles is 1. The van der Waals surface area contributed by atoms with E-state index in [9.17, 15) is 14.4 Å². The minimum atomic E-state index is -0.287. The lowest BCUT2D eigenvalue weighted by Crippen LogP contribution is -2.56. The zero-order valence-electron chi connectivity index (χ0n) is 17.1. The molecule has 2 N–H and O–H groups in total. The van der Waals surface area contributed by atoms with Gasteiger partial charge in [-0.15, -0.1) is 0 Å². The van der Waals surface area contributed by atoms with Crippen molar-refractivity contribution in [1.29, 1.82) is 5.26 Å². The van der Waals surface area contributed by atoms with Gasteiger partial charge in [-0.25, -0.2) is 4.39 Å². The van der Waals surface area contributed by atoms with Gasteiger partial charge in [-0.1, -0.05) is 12.1 Å². The van der Waals surface area contributed by atoms with E-state index in [1.165, 1.54) is 56.9 Å². The molecule has 4 fully saturated rings. The van der Waals surface area contributed by atoms with Gasteiger partial charge in [-0.3, -0.25) is 4.79 Å².